The second-order valence-corrected chi connectivity index (χ2v) is 8.22. The normalized spacial score (nSPS) is 13.7. The maximum atomic E-state index is 12.5. The van der Waals surface area contributed by atoms with Crippen molar-refractivity contribution < 1.29 is 19.0 Å². The SMILES string of the molecule is COc1cc(NC(=O)CSc2nccnc2N2CCSCC2)cc(OC)c1OC. The van der Waals surface area contributed by atoms with Crippen LogP contribution in [0.2, 0.25) is 0 Å². The van der Waals surface area contributed by atoms with Crippen molar-refractivity contribution in [2.75, 3.05) is 61.9 Å². The molecule has 1 aromatic heterocycles. The van der Waals surface area contributed by atoms with Crippen molar-refractivity contribution in [3.8, 4) is 17.2 Å². The summed E-state index contributed by atoms with van der Waals surface area (Å²) in [6.07, 6.45) is 3.35. The summed E-state index contributed by atoms with van der Waals surface area (Å²) in [4.78, 5) is 23.7. The Labute approximate surface area is 178 Å². The molecule has 29 heavy (non-hydrogen) atoms. The number of thioether (sulfide) groups is 2. The standard InChI is InChI=1S/C19H24N4O4S2/c1-25-14-10-13(11-15(26-2)17(14)27-3)22-16(24)12-29-19-18(20-4-5-21-19)23-6-8-28-9-7-23/h4-5,10-11H,6-9,12H2,1-3H3,(H,22,24). The number of hydrogen-bond acceptors (Lipinski definition) is 9. The molecular formula is C19H24N4O4S2. The van der Waals surface area contributed by atoms with Gasteiger partial charge in [0.1, 0.15) is 5.03 Å². The molecule has 0 saturated carbocycles. The molecule has 1 fully saturated rings. The number of amides is 1. The van der Waals surface area contributed by atoms with E-state index in [1.54, 1.807) is 24.5 Å². The van der Waals surface area contributed by atoms with Gasteiger partial charge in [0.2, 0.25) is 11.7 Å². The largest absolute Gasteiger partial charge is 0.493 e. The van der Waals surface area contributed by atoms with Gasteiger partial charge in [0.25, 0.3) is 0 Å². The van der Waals surface area contributed by atoms with E-state index in [4.69, 9.17) is 14.2 Å². The number of benzene rings is 1. The van der Waals surface area contributed by atoms with Crippen molar-refractivity contribution in [2.45, 2.75) is 5.03 Å². The Kier molecular flexibility index (Phi) is 7.70. The number of carbonyl (C=O) groups is 1. The summed E-state index contributed by atoms with van der Waals surface area (Å²) < 4.78 is 16.0. The Bertz CT molecular complexity index is 822. The Morgan fingerprint density at radius 2 is 1.76 bits per heavy atom. The molecule has 2 aromatic rings. The zero-order valence-electron chi connectivity index (χ0n) is 16.6. The quantitative estimate of drug-likeness (QED) is 0.628. The molecule has 0 bridgehead atoms. The topological polar surface area (TPSA) is 85.8 Å². The van der Waals surface area contributed by atoms with Gasteiger partial charge in [-0.05, 0) is 0 Å². The summed E-state index contributed by atoms with van der Waals surface area (Å²) in [5.74, 6) is 4.48. The lowest BCUT2D eigenvalue weighted by Gasteiger charge is -2.28. The Hall–Kier alpha value is -2.33. The molecule has 8 nitrogen and oxygen atoms in total. The molecule has 3 rings (SSSR count). The summed E-state index contributed by atoms with van der Waals surface area (Å²) in [6.45, 7) is 1.88. The molecule has 0 spiro atoms. The molecule has 10 heteroatoms. The van der Waals surface area contributed by atoms with Crippen molar-refractivity contribution in [3.63, 3.8) is 0 Å². The van der Waals surface area contributed by atoms with E-state index in [2.05, 4.69) is 20.2 Å². The van der Waals surface area contributed by atoms with Gasteiger partial charge in [-0.3, -0.25) is 4.79 Å². The number of carbonyl (C=O) groups excluding carboxylic acids is 1. The van der Waals surface area contributed by atoms with Crippen LogP contribution in [0.15, 0.2) is 29.6 Å². The van der Waals surface area contributed by atoms with E-state index in [-0.39, 0.29) is 11.7 Å². The maximum Gasteiger partial charge on any atom is 0.234 e. The van der Waals surface area contributed by atoms with Crippen LogP contribution in [0, 0.1) is 0 Å². The van der Waals surface area contributed by atoms with Crippen LogP contribution in [0.5, 0.6) is 17.2 Å². The Balaban J connectivity index is 1.66. The van der Waals surface area contributed by atoms with Gasteiger partial charge in [-0.1, -0.05) is 11.8 Å². The first-order valence-corrected chi connectivity index (χ1v) is 11.2. The van der Waals surface area contributed by atoms with E-state index >= 15 is 0 Å². The van der Waals surface area contributed by atoms with Crippen molar-refractivity contribution in [1.29, 1.82) is 0 Å². The fourth-order valence-electron chi connectivity index (χ4n) is 2.90. The Morgan fingerprint density at radius 1 is 1.10 bits per heavy atom. The smallest absolute Gasteiger partial charge is 0.234 e. The highest BCUT2D eigenvalue weighted by molar-refractivity contribution is 8.00. The highest BCUT2D eigenvalue weighted by atomic mass is 32.2. The van der Waals surface area contributed by atoms with Crippen molar-refractivity contribution in [2.24, 2.45) is 0 Å². The van der Waals surface area contributed by atoms with Gasteiger partial charge in [0.15, 0.2) is 17.3 Å². The van der Waals surface area contributed by atoms with E-state index in [0.29, 0.717) is 22.9 Å². The van der Waals surface area contributed by atoms with Crippen LogP contribution in [0.4, 0.5) is 11.5 Å². The number of hydrogen-bond donors (Lipinski definition) is 1. The highest BCUT2D eigenvalue weighted by Crippen LogP contribution is 2.40. The monoisotopic (exact) mass is 436 g/mol. The molecule has 0 aliphatic carbocycles. The lowest BCUT2D eigenvalue weighted by molar-refractivity contribution is -0.113. The lowest BCUT2D eigenvalue weighted by atomic mass is 10.2. The van der Waals surface area contributed by atoms with Crippen molar-refractivity contribution in [1.82, 2.24) is 9.97 Å². The number of ether oxygens (including phenoxy) is 3. The van der Waals surface area contributed by atoms with E-state index in [1.807, 2.05) is 11.8 Å². The van der Waals surface area contributed by atoms with Gasteiger partial charge in [0.05, 0.1) is 27.1 Å². The minimum absolute atomic E-state index is 0.157. The molecule has 0 unspecified atom stereocenters. The number of nitrogens with one attached hydrogen (secondary N) is 1. The van der Waals surface area contributed by atoms with E-state index in [9.17, 15) is 4.79 Å². The molecule has 0 atom stereocenters. The molecule has 156 valence electrons. The molecule has 2 heterocycles. The average molecular weight is 437 g/mol. The van der Waals surface area contributed by atoms with Gasteiger partial charge >= 0.3 is 0 Å². The van der Waals surface area contributed by atoms with Crippen LogP contribution in [-0.4, -0.2) is 67.6 Å². The van der Waals surface area contributed by atoms with E-state index in [1.165, 1.54) is 33.1 Å². The van der Waals surface area contributed by atoms with Crippen LogP contribution in [0.1, 0.15) is 0 Å². The fourth-order valence-corrected chi connectivity index (χ4v) is 4.59. The summed E-state index contributed by atoms with van der Waals surface area (Å²) >= 11 is 3.31. The predicted molar refractivity (Wildman–Crippen MR) is 117 cm³/mol. The first-order valence-electron chi connectivity index (χ1n) is 9.02. The van der Waals surface area contributed by atoms with E-state index in [0.717, 1.165) is 35.4 Å². The van der Waals surface area contributed by atoms with Crippen LogP contribution in [0.3, 0.4) is 0 Å². The van der Waals surface area contributed by atoms with Gasteiger partial charge in [0, 0.05) is 54.8 Å². The van der Waals surface area contributed by atoms with Crippen LogP contribution < -0.4 is 24.4 Å². The van der Waals surface area contributed by atoms with E-state index < -0.39 is 0 Å². The van der Waals surface area contributed by atoms with Crippen LogP contribution in [0.25, 0.3) is 0 Å². The second-order valence-electron chi connectivity index (χ2n) is 6.04. The predicted octanol–water partition coefficient (Wildman–Crippen LogP) is 2.79. The molecule has 0 radical (unpaired) electrons. The third-order valence-electron chi connectivity index (χ3n) is 4.25. The second kappa shape index (κ2) is 10.4. The maximum absolute atomic E-state index is 12.5. The molecule has 1 N–H and O–H groups in total. The van der Waals surface area contributed by atoms with Gasteiger partial charge in [-0.15, -0.1) is 0 Å². The zero-order chi connectivity index (χ0) is 20.6. The molecule has 1 amide bonds. The Morgan fingerprint density at radius 3 is 2.38 bits per heavy atom. The van der Waals surface area contributed by atoms with Gasteiger partial charge in [-0.2, -0.15) is 11.8 Å². The highest BCUT2D eigenvalue weighted by Gasteiger charge is 2.19. The number of aromatic nitrogens is 2. The van der Waals surface area contributed by atoms with Crippen molar-refractivity contribution >= 4 is 40.9 Å². The summed E-state index contributed by atoms with van der Waals surface area (Å²) in [7, 11) is 4.61. The number of nitrogens with zero attached hydrogens (tertiary/aromatic N) is 3. The fraction of sp³-hybridized carbons (Fsp3) is 0.421. The molecule has 1 aliphatic rings. The summed E-state index contributed by atoms with van der Waals surface area (Å²) in [6, 6.07) is 3.39. The van der Waals surface area contributed by atoms with Gasteiger partial charge < -0.3 is 24.4 Å². The van der Waals surface area contributed by atoms with Crippen molar-refractivity contribution in [3.05, 3.63) is 24.5 Å². The molecule has 1 aromatic carbocycles. The zero-order valence-corrected chi connectivity index (χ0v) is 18.3. The number of rotatable bonds is 8. The lowest BCUT2D eigenvalue weighted by Crippen LogP contribution is -2.33. The minimum atomic E-state index is -0.157. The third-order valence-corrected chi connectivity index (χ3v) is 6.16. The first-order chi connectivity index (χ1) is 14.2. The number of methoxy groups -OCH3 is 3. The number of anilines is 2. The summed E-state index contributed by atoms with van der Waals surface area (Å²) in [5, 5.41) is 3.63. The van der Waals surface area contributed by atoms with Gasteiger partial charge in [-0.25, -0.2) is 9.97 Å². The first kappa shape index (κ1) is 21.4. The van der Waals surface area contributed by atoms with Crippen LogP contribution >= 0.6 is 23.5 Å². The average Bonchev–Trinajstić information content (AvgIpc) is 2.77. The van der Waals surface area contributed by atoms with Crippen LogP contribution in [-0.2, 0) is 4.79 Å². The molecular weight excluding hydrogens is 412 g/mol. The summed E-state index contributed by atoms with van der Waals surface area (Å²) in [5.41, 5.74) is 0.567. The molecule has 1 saturated heterocycles. The minimum Gasteiger partial charge on any atom is -0.493 e. The molecule has 1 aliphatic heterocycles. The third kappa shape index (κ3) is 5.39.